The first kappa shape index (κ1) is 22.5. The van der Waals surface area contributed by atoms with Crippen LogP contribution in [0.2, 0.25) is 0 Å². The van der Waals surface area contributed by atoms with Gasteiger partial charge >= 0.3 is 0 Å². The number of amides is 1. The van der Waals surface area contributed by atoms with Gasteiger partial charge in [-0.15, -0.1) is 0 Å². The summed E-state index contributed by atoms with van der Waals surface area (Å²) in [7, 11) is 0. The maximum atomic E-state index is 14.1. The van der Waals surface area contributed by atoms with Gasteiger partial charge in [-0.2, -0.15) is 0 Å². The maximum Gasteiger partial charge on any atom is 0.283 e. The van der Waals surface area contributed by atoms with E-state index in [1.165, 1.54) is 29.2 Å². The van der Waals surface area contributed by atoms with Crippen molar-refractivity contribution in [1.82, 2.24) is 0 Å². The number of aliphatic imine (C=N–C) groups is 1. The Hall–Kier alpha value is -3.65. The van der Waals surface area contributed by atoms with E-state index in [1.807, 2.05) is 30.3 Å². The Morgan fingerprint density at radius 1 is 0.970 bits per heavy atom. The predicted molar refractivity (Wildman–Crippen MR) is 123 cm³/mol. The SMILES string of the molecule is CC(SC1=N/C(=C/c2ccccc2)C(=O)N1c1ccc(F)cc1)C(=O)c1ccc(F)cc1F. The average Bonchev–Trinajstić information content (AvgIpc) is 3.09. The Morgan fingerprint density at radius 3 is 2.30 bits per heavy atom. The Bertz CT molecular complexity index is 1270. The van der Waals surface area contributed by atoms with Crippen LogP contribution in [-0.2, 0) is 4.79 Å². The Kier molecular flexibility index (Phi) is 6.46. The smallest absolute Gasteiger partial charge is 0.283 e. The molecule has 3 aromatic carbocycles. The van der Waals surface area contributed by atoms with Crippen LogP contribution in [0.4, 0.5) is 18.9 Å². The lowest BCUT2D eigenvalue weighted by atomic mass is 10.1. The van der Waals surface area contributed by atoms with E-state index in [0.29, 0.717) is 11.8 Å². The first-order valence-electron chi connectivity index (χ1n) is 9.95. The topological polar surface area (TPSA) is 49.7 Å². The van der Waals surface area contributed by atoms with Crippen molar-refractivity contribution in [3.8, 4) is 0 Å². The van der Waals surface area contributed by atoms with E-state index in [-0.39, 0.29) is 16.4 Å². The third-order valence-electron chi connectivity index (χ3n) is 4.87. The van der Waals surface area contributed by atoms with E-state index in [2.05, 4.69) is 4.99 Å². The van der Waals surface area contributed by atoms with Gasteiger partial charge in [0.1, 0.15) is 23.1 Å². The molecule has 0 saturated heterocycles. The van der Waals surface area contributed by atoms with Crippen molar-refractivity contribution in [2.75, 3.05) is 4.90 Å². The summed E-state index contributed by atoms with van der Waals surface area (Å²) in [6.45, 7) is 1.55. The van der Waals surface area contributed by atoms with E-state index >= 15 is 0 Å². The molecule has 0 aliphatic carbocycles. The van der Waals surface area contributed by atoms with Gasteiger partial charge < -0.3 is 0 Å². The van der Waals surface area contributed by atoms with Crippen LogP contribution in [0.3, 0.4) is 0 Å². The van der Waals surface area contributed by atoms with Gasteiger partial charge in [-0.05, 0) is 55.0 Å². The lowest BCUT2D eigenvalue weighted by Gasteiger charge is -2.20. The minimum atomic E-state index is -0.961. The number of carbonyl (C=O) groups is 2. The summed E-state index contributed by atoms with van der Waals surface area (Å²) in [5.74, 6) is -3.23. The number of thioether (sulfide) groups is 1. The number of hydrogen-bond donors (Lipinski definition) is 0. The molecule has 0 spiro atoms. The van der Waals surface area contributed by atoms with Gasteiger partial charge in [0.05, 0.1) is 16.5 Å². The van der Waals surface area contributed by atoms with Crippen molar-refractivity contribution in [3.05, 3.63) is 107 Å². The molecule has 0 aromatic heterocycles. The van der Waals surface area contributed by atoms with Crippen LogP contribution in [0.5, 0.6) is 0 Å². The van der Waals surface area contributed by atoms with Gasteiger partial charge in [0.25, 0.3) is 5.91 Å². The molecule has 1 aliphatic heterocycles. The molecule has 0 bridgehead atoms. The lowest BCUT2D eigenvalue weighted by Crippen LogP contribution is -2.32. The summed E-state index contributed by atoms with van der Waals surface area (Å²) in [5.41, 5.74) is 1.01. The molecule has 0 saturated carbocycles. The number of anilines is 1. The third kappa shape index (κ3) is 4.90. The molecule has 1 atom stereocenters. The molecule has 33 heavy (non-hydrogen) atoms. The highest BCUT2D eigenvalue weighted by Crippen LogP contribution is 2.32. The van der Waals surface area contributed by atoms with Crippen molar-refractivity contribution in [3.63, 3.8) is 0 Å². The first-order valence-corrected chi connectivity index (χ1v) is 10.8. The summed E-state index contributed by atoms with van der Waals surface area (Å²) in [4.78, 5) is 31.7. The van der Waals surface area contributed by atoms with Gasteiger partial charge in [0.2, 0.25) is 0 Å². The highest BCUT2D eigenvalue weighted by Gasteiger charge is 2.34. The molecule has 4 rings (SSSR count). The molecule has 166 valence electrons. The van der Waals surface area contributed by atoms with E-state index < -0.39 is 34.4 Å². The van der Waals surface area contributed by atoms with Gasteiger partial charge in [-0.25, -0.2) is 18.2 Å². The highest BCUT2D eigenvalue weighted by molar-refractivity contribution is 8.15. The van der Waals surface area contributed by atoms with Crippen LogP contribution in [0.1, 0.15) is 22.8 Å². The molecule has 0 radical (unpaired) electrons. The number of benzene rings is 3. The summed E-state index contributed by atoms with van der Waals surface area (Å²) in [6, 6.07) is 17.1. The zero-order valence-electron chi connectivity index (χ0n) is 17.3. The van der Waals surface area contributed by atoms with E-state index in [4.69, 9.17) is 0 Å². The number of amidine groups is 1. The number of halogens is 3. The van der Waals surface area contributed by atoms with Crippen molar-refractivity contribution in [2.24, 2.45) is 4.99 Å². The minimum Gasteiger partial charge on any atom is -0.293 e. The summed E-state index contributed by atoms with van der Waals surface area (Å²) in [6.07, 6.45) is 1.61. The van der Waals surface area contributed by atoms with Crippen LogP contribution < -0.4 is 4.90 Å². The number of carbonyl (C=O) groups excluding carboxylic acids is 2. The summed E-state index contributed by atoms with van der Waals surface area (Å²) < 4.78 is 40.8. The summed E-state index contributed by atoms with van der Waals surface area (Å²) in [5, 5.41) is -0.646. The average molecular weight is 466 g/mol. The third-order valence-corrected chi connectivity index (χ3v) is 5.92. The normalized spacial score (nSPS) is 15.6. The maximum absolute atomic E-state index is 14.1. The minimum absolute atomic E-state index is 0.139. The lowest BCUT2D eigenvalue weighted by molar-refractivity contribution is -0.113. The van der Waals surface area contributed by atoms with E-state index in [9.17, 15) is 22.8 Å². The molecule has 0 fully saturated rings. The van der Waals surface area contributed by atoms with Crippen molar-refractivity contribution < 1.29 is 22.8 Å². The largest absolute Gasteiger partial charge is 0.293 e. The number of nitrogens with zero attached hydrogens (tertiary/aromatic N) is 2. The second-order valence-corrected chi connectivity index (χ2v) is 8.51. The monoisotopic (exact) mass is 466 g/mol. The van der Waals surface area contributed by atoms with E-state index in [0.717, 1.165) is 29.5 Å². The van der Waals surface area contributed by atoms with Crippen LogP contribution in [0.15, 0.2) is 83.5 Å². The van der Waals surface area contributed by atoms with Crippen LogP contribution in [-0.4, -0.2) is 22.1 Å². The standard InChI is InChI=1S/C25H17F3N2O2S/c1-15(23(31)20-12-9-18(27)14-21(20)28)33-25-29-22(13-16-5-3-2-4-6-16)24(32)30(25)19-10-7-17(26)8-11-19/h2-15H,1H3/b22-13+. The van der Waals surface area contributed by atoms with Crippen molar-refractivity contribution >= 4 is 40.4 Å². The number of Topliss-reactive ketones (excluding diaryl/α,β-unsaturated/α-hetero) is 1. The fourth-order valence-corrected chi connectivity index (χ4v) is 4.22. The molecule has 1 aliphatic rings. The van der Waals surface area contributed by atoms with Crippen LogP contribution >= 0.6 is 11.8 Å². The van der Waals surface area contributed by atoms with Gasteiger partial charge in [0, 0.05) is 6.07 Å². The quantitative estimate of drug-likeness (QED) is 0.350. The molecule has 3 aromatic rings. The molecule has 8 heteroatoms. The van der Waals surface area contributed by atoms with Crippen molar-refractivity contribution in [2.45, 2.75) is 12.2 Å². The van der Waals surface area contributed by atoms with Gasteiger partial charge in [-0.1, -0.05) is 42.1 Å². The van der Waals surface area contributed by atoms with Crippen LogP contribution in [0.25, 0.3) is 6.08 Å². The number of hydrogen-bond acceptors (Lipinski definition) is 4. The molecule has 1 heterocycles. The second kappa shape index (κ2) is 9.46. The van der Waals surface area contributed by atoms with Crippen molar-refractivity contribution in [1.29, 1.82) is 0 Å². The zero-order chi connectivity index (χ0) is 23.5. The fourth-order valence-electron chi connectivity index (χ4n) is 3.22. The fraction of sp³-hybridized carbons (Fsp3) is 0.0800. The Morgan fingerprint density at radius 2 is 1.64 bits per heavy atom. The Labute approximate surface area is 192 Å². The molecule has 1 amide bonds. The van der Waals surface area contributed by atoms with E-state index in [1.54, 1.807) is 13.0 Å². The molecule has 0 N–H and O–H groups in total. The Balaban J connectivity index is 1.67. The molecule has 4 nitrogen and oxygen atoms in total. The summed E-state index contributed by atoms with van der Waals surface area (Å²) >= 11 is 0.959. The second-order valence-electron chi connectivity index (χ2n) is 7.20. The predicted octanol–water partition coefficient (Wildman–Crippen LogP) is 5.85. The van der Waals surface area contributed by atoms with Gasteiger partial charge in [0.15, 0.2) is 11.0 Å². The highest BCUT2D eigenvalue weighted by atomic mass is 32.2. The molecular weight excluding hydrogens is 449 g/mol. The molecule has 1 unspecified atom stereocenters. The van der Waals surface area contributed by atoms with Crippen LogP contribution in [0, 0.1) is 17.5 Å². The zero-order valence-corrected chi connectivity index (χ0v) is 18.2. The number of ketones is 1. The van der Waals surface area contributed by atoms with Gasteiger partial charge in [-0.3, -0.25) is 14.5 Å². The number of rotatable bonds is 5. The molecular formula is C25H17F3N2O2S. The first-order chi connectivity index (χ1) is 15.8.